The van der Waals surface area contributed by atoms with Crippen LogP contribution in [0.2, 0.25) is 0 Å². The van der Waals surface area contributed by atoms with Gasteiger partial charge in [-0.15, -0.1) is 0 Å². The largest absolute Gasteiger partial charge is 0.399 e. The van der Waals surface area contributed by atoms with Gasteiger partial charge in [-0.2, -0.15) is 0 Å². The molecule has 0 radical (unpaired) electrons. The van der Waals surface area contributed by atoms with Crippen molar-refractivity contribution in [3.8, 4) is 0 Å². The number of benzene rings is 1. The van der Waals surface area contributed by atoms with Gasteiger partial charge in [0.25, 0.3) is 5.56 Å². The van der Waals surface area contributed by atoms with Crippen molar-refractivity contribution in [3.63, 3.8) is 0 Å². The Balaban J connectivity index is 2.06. The molecule has 0 saturated carbocycles. The number of carbonyl (C=O) groups is 1. The van der Waals surface area contributed by atoms with Gasteiger partial charge < -0.3 is 15.6 Å². The summed E-state index contributed by atoms with van der Waals surface area (Å²) < 4.78 is 1.54. The van der Waals surface area contributed by atoms with Gasteiger partial charge in [0, 0.05) is 24.5 Å². The first-order valence-corrected chi connectivity index (χ1v) is 6.43. The Morgan fingerprint density at radius 2 is 2.10 bits per heavy atom. The molecule has 20 heavy (non-hydrogen) atoms. The van der Waals surface area contributed by atoms with E-state index in [2.05, 4.69) is 5.32 Å². The van der Waals surface area contributed by atoms with E-state index in [0.29, 0.717) is 17.9 Å². The Bertz CT molecular complexity index is 677. The summed E-state index contributed by atoms with van der Waals surface area (Å²) >= 11 is 0. The van der Waals surface area contributed by atoms with Crippen LogP contribution in [-0.2, 0) is 17.8 Å². The Morgan fingerprint density at radius 1 is 1.30 bits per heavy atom. The average Bonchev–Trinajstić information content (AvgIpc) is 2.41. The molecule has 1 heterocycles. The van der Waals surface area contributed by atoms with E-state index in [9.17, 15) is 9.59 Å². The standard InChI is InChI=1S/C15H17N3O2/c1-2-18-10-13(6-7-15(18)20)17-14(19)9-11-4-3-5-12(16)8-11/h3-8,10H,2,9,16H2,1H3,(H,17,19). The van der Waals surface area contributed by atoms with Gasteiger partial charge in [0.2, 0.25) is 5.91 Å². The van der Waals surface area contributed by atoms with Crippen molar-refractivity contribution < 1.29 is 4.79 Å². The van der Waals surface area contributed by atoms with Crippen molar-refractivity contribution in [3.05, 3.63) is 58.5 Å². The molecular weight excluding hydrogens is 254 g/mol. The van der Waals surface area contributed by atoms with Crippen LogP contribution in [0.5, 0.6) is 0 Å². The minimum atomic E-state index is -0.142. The number of pyridine rings is 1. The maximum Gasteiger partial charge on any atom is 0.250 e. The molecule has 104 valence electrons. The SMILES string of the molecule is CCn1cc(NC(=O)Cc2cccc(N)c2)ccc1=O. The number of nitrogens with zero attached hydrogens (tertiary/aromatic N) is 1. The number of aromatic nitrogens is 1. The lowest BCUT2D eigenvalue weighted by Crippen LogP contribution is -2.20. The molecule has 0 saturated heterocycles. The number of carbonyl (C=O) groups excluding carboxylic acids is 1. The highest BCUT2D eigenvalue weighted by atomic mass is 16.1. The Labute approximate surface area is 117 Å². The van der Waals surface area contributed by atoms with Crippen LogP contribution in [0.3, 0.4) is 0 Å². The lowest BCUT2D eigenvalue weighted by atomic mass is 10.1. The number of hydrogen-bond donors (Lipinski definition) is 2. The number of nitrogens with two attached hydrogens (primary N) is 1. The summed E-state index contributed by atoms with van der Waals surface area (Å²) in [5.41, 5.74) is 7.69. The van der Waals surface area contributed by atoms with E-state index in [4.69, 9.17) is 5.73 Å². The van der Waals surface area contributed by atoms with Gasteiger partial charge in [0.1, 0.15) is 0 Å². The van der Waals surface area contributed by atoms with Gasteiger partial charge in [-0.05, 0) is 30.7 Å². The molecule has 3 N–H and O–H groups in total. The molecule has 5 nitrogen and oxygen atoms in total. The maximum atomic E-state index is 11.9. The maximum absolute atomic E-state index is 11.9. The fourth-order valence-electron chi connectivity index (χ4n) is 1.95. The third kappa shape index (κ3) is 3.47. The number of rotatable bonds is 4. The lowest BCUT2D eigenvalue weighted by Gasteiger charge is -2.08. The van der Waals surface area contributed by atoms with Crippen molar-refractivity contribution in [2.45, 2.75) is 19.9 Å². The number of anilines is 2. The van der Waals surface area contributed by atoms with Crippen LogP contribution in [0.15, 0.2) is 47.4 Å². The highest BCUT2D eigenvalue weighted by molar-refractivity contribution is 5.92. The van der Waals surface area contributed by atoms with Crippen LogP contribution in [-0.4, -0.2) is 10.5 Å². The Hall–Kier alpha value is -2.56. The van der Waals surface area contributed by atoms with Crippen LogP contribution in [0.1, 0.15) is 12.5 Å². The average molecular weight is 271 g/mol. The van der Waals surface area contributed by atoms with Gasteiger partial charge in [-0.3, -0.25) is 9.59 Å². The number of hydrogen-bond acceptors (Lipinski definition) is 3. The fourth-order valence-corrected chi connectivity index (χ4v) is 1.95. The molecule has 0 aliphatic heterocycles. The van der Waals surface area contributed by atoms with Crippen LogP contribution < -0.4 is 16.6 Å². The van der Waals surface area contributed by atoms with Crippen molar-refractivity contribution >= 4 is 17.3 Å². The second-order valence-corrected chi connectivity index (χ2v) is 4.51. The third-order valence-corrected chi connectivity index (χ3v) is 2.92. The normalized spacial score (nSPS) is 10.2. The van der Waals surface area contributed by atoms with Crippen LogP contribution in [0, 0.1) is 0 Å². The summed E-state index contributed by atoms with van der Waals surface area (Å²) in [5, 5.41) is 2.77. The van der Waals surface area contributed by atoms with Crippen LogP contribution in [0.4, 0.5) is 11.4 Å². The Kier molecular flexibility index (Phi) is 4.20. The molecular formula is C15H17N3O2. The first kappa shape index (κ1) is 13.9. The van der Waals surface area contributed by atoms with Gasteiger partial charge in [-0.1, -0.05) is 12.1 Å². The third-order valence-electron chi connectivity index (χ3n) is 2.92. The quantitative estimate of drug-likeness (QED) is 0.830. The van der Waals surface area contributed by atoms with E-state index in [1.54, 1.807) is 24.4 Å². The molecule has 0 bridgehead atoms. The van der Waals surface area contributed by atoms with E-state index in [-0.39, 0.29) is 17.9 Å². The molecule has 0 unspecified atom stereocenters. The van der Waals surface area contributed by atoms with Crippen LogP contribution in [0.25, 0.3) is 0 Å². The minimum Gasteiger partial charge on any atom is -0.399 e. The molecule has 0 spiro atoms. The fraction of sp³-hybridized carbons (Fsp3) is 0.200. The summed E-state index contributed by atoms with van der Waals surface area (Å²) in [5.74, 6) is -0.142. The topological polar surface area (TPSA) is 77.1 Å². The summed E-state index contributed by atoms with van der Waals surface area (Å²) in [6.45, 7) is 2.44. The molecule has 0 atom stereocenters. The van der Waals surface area contributed by atoms with Crippen molar-refractivity contribution in [2.75, 3.05) is 11.1 Å². The van der Waals surface area contributed by atoms with E-state index >= 15 is 0 Å². The molecule has 1 aromatic heterocycles. The molecule has 0 aliphatic rings. The highest BCUT2D eigenvalue weighted by Gasteiger charge is 2.05. The molecule has 5 heteroatoms. The van der Waals surface area contributed by atoms with E-state index in [1.807, 2.05) is 19.1 Å². The van der Waals surface area contributed by atoms with E-state index in [0.717, 1.165) is 5.56 Å². The zero-order valence-corrected chi connectivity index (χ0v) is 11.3. The first-order valence-electron chi connectivity index (χ1n) is 6.43. The van der Waals surface area contributed by atoms with Crippen molar-refractivity contribution in [1.29, 1.82) is 0 Å². The monoisotopic (exact) mass is 271 g/mol. The summed E-state index contributed by atoms with van der Waals surface area (Å²) in [6, 6.07) is 10.3. The highest BCUT2D eigenvalue weighted by Crippen LogP contribution is 2.09. The van der Waals surface area contributed by atoms with Gasteiger partial charge >= 0.3 is 0 Å². The Morgan fingerprint density at radius 3 is 2.80 bits per heavy atom. The first-order chi connectivity index (χ1) is 9.58. The second kappa shape index (κ2) is 6.06. The van der Waals surface area contributed by atoms with E-state index in [1.165, 1.54) is 10.6 Å². The zero-order valence-electron chi connectivity index (χ0n) is 11.3. The summed E-state index contributed by atoms with van der Waals surface area (Å²) in [7, 11) is 0. The lowest BCUT2D eigenvalue weighted by molar-refractivity contribution is -0.115. The van der Waals surface area contributed by atoms with Gasteiger partial charge in [-0.25, -0.2) is 0 Å². The molecule has 2 rings (SSSR count). The van der Waals surface area contributed by atoms with Gasteiger partial charge in [0.05, 0.1) is 12.1 Å². The zero-order chi connectivity index (χ0) is 14.5. The minimum absolute atomic E-state index is 0.0821. The number of aryl methyl sites for hydroxylation is 1. The van der Waals surface area contributed by atoms with Crippen LogP contribution >= 0.6 is 0 Å². The number of amides is 1. The van der Waals surface area contributed by atoms with Gasteiger partial charge in [0.15, 0.2) is 0 Å². The smallest absolute Gasteiger partial charge is 0.250 e. The van der Waals surface area contributed by atoms with Crippen molar-refractivity contribution in [1.82, 2.24) is 4.57 Å². The molecule has 1 amide bonds. The second-order valence-electron chi connectivity index (χ2n) is 4.51. The summed E-state index contributed by atoms with van der Waals surface area (Å²) in [6.07, 6.45) is 1.88. The summed E-state index contributed by atoms with van der Waals surface area (Å²) in [4.78, 5) is 23.4. The number of nitrogen functional groups attached to an aromatic ring is 1. The molecule has 0 fully saturated rings. The predicted molar refractivity (Wildman–Crippen MR) is 79.6 cm³/mol. The number of nitrogens with one attached hydrogen (secondary N) is 1. The van der Waals surface area contributed by atoms with Crippen molar-refractivity contribution in [2.24, 2.45) is 0 Å². The molecule has 1 aromatic carbocycles. The predicted octanol–water partition coefficient (Wildman–Crippen LogP) is 1.63. The van der Waals surface area contributed by atoms with E-state index < -0.39 is 0 Å². The molecule has 0 aliphatic carbocycles. The molecule has 2 aromatic rings.